The van der Waals surface area contributed by atoms with Gasteiger partial charge >= 0.3 is 0 Å². The van der Waals surface area contributed by atoms with E-state index in [1.165, 1.54) is 11.1 Å². The van der Waals surface area contributed by atoms with Crippen LogP contribution >= 0.6 is 0 Å². The molecule has 2 aromatic carbocycles. The number of hydrogen-bond donors (Lipinski definition) is 2. The molecule has 2 N–H and O–H groups in total. The molecule has 0 bridgehead atoms. The van der Waals surface area contributed by atoms with Crippen LogP contribution in [0.2, 0.25) is 0 Å². The lowest BCUT2D eigenvalue weighted by molar-refractivity contribution is 0.393. The molecular weight excluding hydrogens is 388 g/mol. The molecule has 168 valence electrons. The van der Waals surface area contributed by atoms with Crippen LogP contribution < -0.4 is 25.0 Å². The average molecular weight is 425 g/mol. The number of nitrogens with zero attached hydrogens (tertiary/aromatic N) is 2. The first-order valence-electron chi connectivity index (χ1n) is 11.0. The van der Waals surface area contributed by atoms with Crippen LogP contribution in [0.3, 0.4) is 0 Å². The number of piperidine rings is 1. The Kier molecular flexibility index (Phi) is 8.04. The van der Waals surface area contributed by atoms with E-state index in [1.54, 1.807) is 14.2 Å². The molecule has 6 heteroatoms. The maximum absolute atomic E-state index is 5.42. The number of hydrogen-bond acceptors (Lipinski definition) is 4. The highest BCUT2D eigenvalue weighted by molar-refractivity contribution is 5.80. The Hall–Kier alpha value is -2.89. The molecule has 1 saturated heterocycles. The standard InChI is InChI=1S/C25H36N4O2/c1-18-6-8-20(9-7-18)19(2)17-27-25(26-3)28-21-10-12-29(13-11-21)22-14-23(30-4)16-24(15-22)31-5/h6-9,14-16,19,21H,10-13,17H2,1-5H3,(H2,26,27,28). The molecule has 0 saturated carbocycles. The first-order chi connectivity index (χ1) is 15.0. The molecule has 3 rings (SSSR count). The smallest absolute Gasteiger partial charge is 0.191 e. The molecule has 0 radical (unpaired) electrons. The van der Waals surface area contributed by atoms with Crippen molar-refractivity contribution in [3.05, 3.63) is 53.6 Å². The molecule has 31 heavy (non-hydrogen) atoms. The Balaban J connectivity index is 1.49. The van der Waals surface area contributed by atoms with Gasteiger partial charge in [0.1, 0.15) is 11.5 Å². The van der Waals surface area contributed by atoms with Crippen LogP contribution in [0.5, 0.6) is 11.5 Å². The van der Waals surface area contributed by atoms with E-state index in [0.29, 0.717) is 12.0 Å². The minimum atomic E-state index is 0.407. The van der Waals surface area contributed by atoms with Gasteiger partial charge in [0.15, 0.2) is 5.96 Å². The number of aliphatic imine (C=N–C) groups is 1. The van der Waals surface area contributed by atoms with Crippen molar-refractivity contribution in [2.24, 2.45) is 4.99 Å². The van der Waals surface area contributed by atoms with Crippen LogP contribution in [0, 0.1) is 6.92 Å². The van der Waals surface area contributed by atoms with E-state index in [0.717, 1.165) is 55.6 Å². The number of aryl methyl sites for hydroxylation is 1. The number of nitrogens with one attached hydrogen (secondary N) is 2. The molecule has 6 nitrogen and oxygen atoms in total. The summed E-state index contributed by atoms with van der Waals surface area (Å²) in [6.45, 7) is 7.17. The van der Waals surface area contributed by atoms with Crippen molar-refractivity contribution in [1.29, 1.82) is 0 Å². The molecule has 1 aliphatic rings. The minimum Gasteiger partial charge on any atom is -0.497 e. The third-order valence-electron chi connectivity index (χ3n) is 5.98. The zero-order valence-electron chi connectivity index (χ0n) is 19.4. The lowest BCUT2D eigenvalue weighted by Crippen LogP contribution is -2.49. The molecule has 1 atom stereocenters. The second-order valence-corrected chi connectivity index (χ2v) is 8.24. The predicted octanol–water partition coefficient (Wildman–Crippen LogP) is 3.95. The van der Waals surface area contributed by atoms with Crippen molar-refractivity contribution in [2.45, 2.75) is 38.6 Å². The fourth-order valence-electron chi connectivity index (χ4n) is 3.91. The van der Waals surface area contributed by atoms with Crippen LogP contribution in [0.1, 0.15) is 36.8 Å². The number of anilines is 1. The fourth-order valence-corrected chi connectivity index (χ4v) is 3.91. The lowest BCUT2D eigenvalue weighted by atomic mass is 10.00. The Labute approximate surface area is 186 Å². The molecule has 1 fully saturated rings. The van der Waals surface area contributed by atoms with E-state index in [9.17, 15) is 0 Å². The van der Waals surface area contributed by atoms with Crippen molar-refractivity contribution >= 4 is 11.6 Å². The van der Waals surface area contributed by atoms with E-state index in [-0.39, 0.29) is 0 Å². The normalized spacial score (nSPS) is 16.0. The summed E-state index contributed by atoms with van der Waals surface area (Å²) in [6, 6.07) is 15.2. The van der Waals surface area contributed by atoms with Crippen molar-refractivity contribution in [3.63, 3.8) is 0 Å². The van der Waals surface area contributed by atoms with Crippen molar-refractivity contribution in [2.75, 3.05) is 45.8 Å². The van der Waals surface area contributed by atoms with E-state index < -0.39 is 0 Å². The summed E-state index contributed by atoms with van der Waals surface area (Å²) >= 11 is 0. The van der Waals surface area contributed by atoms with Gasteiger partial charge in [-0.15, -0.1) is 0 Å². The largest absolute Gasteiger partial charge is 0.497 e. The minimum absolute atomic E-state index is 0.407. The van der Waals surface area contributed by atoms with Crippen molar-refractivity contribution < 1.29 is 9.47 Å². The van der Waals surface area contributed by atoms with Gasteiger partial charge in [-0.2, -0.15) is 0 Å². The summed E-state index contributed by atoms with van der Waals surface area (Å²) in [7, 11) is 5.21. The molecule has 1 unspecified atom stereocenters. The van der Waals surface area contributed by atoms with Crippen LogP contribution in [0.4, 0.5) is 5.69 Å². The zero-order chi connectivity index (χ0) is 22.2. The van der Waals surface area contributed by atoms with Gasteiger partial charge in [-0.3, -0.25) is 4.99 Å². The SMILES string of the molecule is CN=C(NCC(C)c1ccc(C)cc1)NC1CCN(c2cc(OC)cc(OC)c2)CC1. The predicted molar refractivity (Wildman–Crippen MR) is 129 cm³/mol. The molecule has 1 aliphatic heterocycles. The molecule has 0 amide bonds. The summed E-state index contributed by atoms with van der Waals surface area (Å²) in [5.41, 5.74) is 3.78. The summed E-state index contributed by atoms with van der Waals surface area (Å²) in [4.78, 5) is 6.82. The number of methoxy groups -OCH3 is 2. The van der Waals surface area contributed by atoms with Gasteiger partial charge in [-0.25, -0.2) is 0 Å². The van der Waals surface area contributed by atoms with Gasteiger partial charge in [0.05, 0.1) is 14.2 Å². The van der Waals surface area contributed by atoms with Crippen LogP contribution in [-0.4, -0.2) is 52.9 Å². The number of guanidine groups is 1. The van der Waals surface area contributed by atoms with Crippen molar-refractivity contribution in [1.82, 2.24) is 10.6 Å². The number of ether oxygens (including phenoxy) is 2. The van der Waals surface area contributed by atoms with Gasteiger partial charge in [0, 0.05) is 56.6 Å². The van der Waals surface area contributed by atoms with Crippen molar-refractivity contribution in [3.8, 4) is 11.5 Å². The second kappa shape index (κ2) is 10.9. The molecular formula is C25H36N4O2. The average Bonchev–Trinajstić information content (AvgIpc) is 2.81. The van der Waals surface area contributed by atoms with E-state index >= 15 is 0 Å². The summed E-state index contributed by atoms with van der Waals surface area (Å²) in [6.07, 6.45) is 2.10. The third-order valence-corrected chi connectivity index (χ3v) is 5.98. The zero-order valence-corrected chi connectivity index (χ0v) is 19.4. The van der Waals surface area contributed by atoms with E-state index in [1.807, 2.05) is 13.1 Å². The van der Waals surface area contributed by atoms with Gasteiger partial charge < -0.3 is 25.0 Å². The number of benzene rings is 2. The quantitative estimate of drug-likeness (QED) is 0.521. The van der Waals surface area contributed by atoms with Gasteiger partial charge in [0.2, 0.25) is 0 Å². The van der Waals surface area contributed by atoms with E-state index in [4.69, 9.17) is 9.47 Å². The number of rotatable bonds is 7. The Morgan fingerprint density at radius 2 is 1.68 bits per heavy atom. The van der Waals surface area contributed by atoms with Gasteiger partial charge in [-0.05, 0) is 31.2 Å². The Morgan fingerprint density at radius 1 is 1.06 bits per heavy atom. The fraction of sp³-hybridized carbons (Fsp3) is 0.480. The van der Waals surface area contributed by atoms with E-state index in [2.05, 4.69) is 70.8 Å². The Bertz CT molecular complexity index is 836. The van der Waals surface area contributed by atoms with Crippen LogP contribution in [-0.2, 0) is 0 Å². The summed E-state index contributed by atoms with van der Waals surface area (Å²) < 4.78 is 10.8. The molecule has 0 aliphatic carbocycles. The highest BCUT2D eigenvalue weighted by Crippen LogP contribution is 2.30. The highest BCUT2D eigenvalue weighted by Gasteiger charge is 2.21. The summed E-state index contributed by atoms with van der Waals surface area (Å²) in [5.74, 6) is 2.94. The lowest BCUT2D eigenvalue weighted by Gasteiger charge is -2.35. The monoisotopic (exact) mass is 424 g/mol. The highest BCUT2D eigenvalue weighted by atomic mass is 16.5. The van der Waals surface area contributed by atoms with Crippen LogP contribution in [0.25, 0.3) is 0 Å². The molecule has 1 heterocycles. The third kappa shape index (κ3) is 6.29. The van der Waals surface area contributed by atoms with Crippen LogP contribution in [0.15, 0.2) is 47.5 Å². The maximum atomic E-state index is 5.42. The van der Waals surface area contributed by atoms with Gasteiger partial charge in [-0.1, -0.05) is 36.8 Å². The second-order valence-electron chi connectivity index (χ2n) is 8.24. The maximum Gasteiger partial charge on any atom is 0.191 e. The molecule has 0 spiro atoms. The topological polar surface area (TPSA) is 58.1 Å². The first-order valence-corrected chi connectivity index (χ1v) is 11.0. The first kappa shape index (κ1) is 22.8. The Morgan fingerprint density at radius 3 is 2.23 bits per heavy atom. The molecule has 2 aromatic rings. The molecule has 0 aromatic heterocycles. The summed E-state index contributed by atoms with van der Waals surface area (Å²) in [5, 5.41) is 7.10. The van der Waals surface area contributed by atoms with Gasteiger partial charge in [0.25, 0.3) is 0 Å².